The molecule has 2 rings (SSSR count). The summed E-state index contributed by atoms with van der Waals surface area (Å²) in [6, 6.07) is 6.34. The summed E-state index contributed by atoms with van der Waals surface area (Å²) in [7, 11) is 0. The van der Waals surface area contributed by atoms with E-state index in [2.05, 4.69) is 10.1 Å². The largest absolute Gasteiger partial charge is 0.280 e. The second-order valence-electron chi connectivity index (χ2n) is 2.66. The molecule has 0 aliphatic heterocycles. The maximum absolute atomic E-state index is 12.5. The minimum absolute atomic E-state index is 0.149. The molecule has 0 N–H and O–H groups in total. The van der Waals surface area contributed by atoms with E-state index in [-0.39, 0.29) is 5.69 Å². The van der Waals surface area contributed by atoms with E-state index >= 15 is 0 Å². The van der Waals surface area contributed by atoms with Gasteiger partial charge in [-0.1, -0.05) is 6.07 Å². The normalized spacial score (nSPS) is 10.8. The number of rotatable bonds is 2. The number of hydrogen-bond acceptors (Lipinski definition) is 2. The monoisotopic (exact) mass is 195 g/mol. The highest BCUT2D eigenvalue weighted by molar-refractivity contribution is 5.24. The van der Waals surface area contributed by atoms with Gasteiger partial charge >= 0.3 is 0 Å². The molecule has 2 heterocycles. The zero-order valence-electron chi connectivity index (χ0n) is 7.14. The van der Waals surface area contributed by atoms with E-state index in [9.17, 15) is 8.78 Å². The van der Waals surface area contributed by atoms with E-state index in [0.29, 0.717) is 5.82 Å². The summed E-state index contributed by atoms with van der Waals surface area (Å²) >= 11 is 0. The quantitative estimate of drug-likeness (QED) is 0.735. The van der Waals surface area contributed by atoms with Crippen molar-refractivity contribution in [2.75, 3.05) is 0 Å². The van der Waals surface area contributed by atoms with Crippen molar-refractivity contribution in [1.29, 1.82) is 0 Å². The lowest BCUT2D eigenvalue weighted by atomic mass is 10.4. The number of hydrogen-bond donors (Lipinski definition) is 0. The fraction of sp³-hybridized carbons (Fsp3) is 0.111. The molecule has 0 aliphatic rings. The summed E-state index contributed by atoms with van der Waals surface area (Å²) in [6.07, 6.45) is 0.321. The number of halogens is 2. The molecule has 2 aromatic rings. The Labute approximate surface area is 79.0 Å². The lowest BCUT2D eigenvalue weighted by molar-refractivity contribution is 0.142. The topological polar surface area (TPSA) is 30.7 Å². The average molecular weight is 195 g/mol. The molecule has 14 heavy (non-hydrogen) atoms. The molecule has 5 heteroatoms. The SMILES string of the molecule is FC(F)c1ccnn1-c1ccccn1. The first-order chi connectivity index (χ1) is 6.79. The molecule has 0 amide bonds. The predicted octanol–water partition coefficient (Wildman–Crippen LogP) is 2.20. The predicted molar refractivity (Wildman–Crippen MR) is 46.3 cm³/mol. The van der Waals surface area contributed by atoms with Gasteiger partial charge in [0.2, 0.25) is 0 Å². The smallest absolute Gasteiger partial charge is 0.237 e. The van der Waals surface area contributed by atoms with Crippen LogP contribution in [0.1, 0.15) is 12.1 Å². The first kappa shape index (κ1) is 8.80. The lowest BCUT2D eigenvalue weighted by Gasteiger charge is -2.04. The molecular formula is C9H7F2N3. The molecule has 72 valence electrons. The Morgan fingerprint density at radius 3 is 2.64 bits per heavy atom. The van der Waals surface area contributed by atoms with Gasteiger partial charge in [-0.05, 0) is 18.2 Å². The number of alkyl halides is 2. The van der Waals surface area contributed by atoms with Crippen molar-refractivity contribution < 1.29 is 8.78 Å². The van der Waals surface area contributed by atoms with Crippen molar-refractivity contribution in [3.05, 3.63) is 42.4 Å². The van der Waals surface area contributed by atoms with E-state index in [1.54, 1.807) is 18.2 Å². The van der Waals surface area contributed by atoms with E-state index in [4.69, 9.17) is 0 Å². The Kier molecular flexibility index (Phi) is 2.22. The van der Waals surface area contributed by atoms with Crippen LogP contribution in [0.2, 0.25) is 0 Å². The summed E-state index contributed by atoms with van der Waals surface area (Å²) in [5.41, 5.74) is -0.149. The Balaban J connectivity index is 2.47. The Morgan fingerprint density at radius 2 is 2.00 bits per heavy atom. The van der Waals surface area contributed by atoms with Crippen LogP contribution < -0.4 is 0 Å². The Morgan fingerprint density at radius 1 is 1.14 bits per heavy atom. The van der Waals surface area contributed by atoms with Crippen LogP contribution in [0.5, 0.6) is 0 Å². The van der Waals surface area contributed by atoms with Gasteiger partial charge in [-0.15, -0.1) is 0 Å². The highest BCUT2D eigenvalue weighted by Crippen LogP contribution is 2.19. The maximum atomic E-state index is 12.5. The van der Waals surface area contributed by atoms with Crippen LogP contribution in [0.4, 0.5) is 8.78 Å². The third-order valence-corrected chi connectivity index (χ3v) is 1.76. The second-order valence-corrected chi connectivity index (χ2v) is 2.66. The van der Waals surface area contributed by atoms with Gasteiger partial charge in [0.25, 0.3) is 6.43 Å². The van der Waals surface area contributed by atoms with Crippen LogP contribution >= 0.6 is 0 Å². The lowest BCUT2D eigenvalue weighted by Crippen LogP contribution is -2.03. The van der Waals surface area contributed by atoms with Crippen LogP contribution in [0, 0.1) is 0 Å². The Hall–Kier alpha value is -1.78. The van der Waals surface area contributed by atoms with Crippen LogP contribution in [0.3, 0.4) is 0 Å². The third-order valence-electron chi connectivity index (χ3n) is 1.76. The Bertz CT molecular complexity index is 411. The molecule has 0 spiro atoms. The summed E-state index contributed by atoms with van der Waals surface area (Å²) in [6.45, 7) is 0. The molecule has 0 saturated carbocycles. The summed E-state index contributed by atoms with van der Waals surface area (Å²) in [4.78, 5) is 3.93. The fourth-order valence-corrected chi connectivity index (χ4v) is 1.15. The van der Waals surface area contributed by atoms with Crippen molar-refractivity contribution in [1.82, 2.24) is 14.8 Å². The van der Waals surface area contributed by atoms with Crippen molar-refractivity contribution in [2.45, 2.75) is 6.43 Å². The molecule has 0 bridgehead atoms. The van der Waals surface area contributed by atoms with E-state index < -0.39 is 6.43 Å². The van der Waals surface area contributed by atoms with Crippen LogP contribution in [-0.2, 0) is 0 Å². The zero-order chi connectivity index (χ0) is 9.97. The van der Waals surface area contributed by atoms with Gasteiger partial charge < -0.3 is 0 Å². The highest BCUT2D eigenvalue weighted by atomic mass is 19.3. The van der Waals surface area contributed by atoms with Gasteiger partial charge in [0.15, 0.2) is 5.82 Å². The number of nitrogens with zero attached hydrogens (tertiary/aromatic N) is 3. The molecule has 0 unspecified atom stereocenters. The molecule has 0 radical (unpaired) electrons. The number of pyridine rings is 1. The van der Waals surface area contributed by atoms with Gasteiger partial charge in [0.05, 0.1) is 0 Å². The fourth-order valence-electron chi connectivity index (χ4n) is 1.15. The first-order valence-corrected chi connectivity index (χ1v) is 4.02. The van der Waals surface area contributed by atoms with E-state index in [0.717, 1.165) is 4.68 Å². The maximum Gasteiger partial charge on any atom is 0.280 e. The van der Waals surface area contributed by atoms with Gasteiger partial charge in [0.1, 0.15) is 5.69 Å². The second kappa shape index (κ2) is 3.53. The molecule has 0 aromatic carbocycles. The molecular weight excluding hydrogens is 188 g/mol. The van der Waals surface area contributed by atoms with Crippen molar-refractivity contribution in [3.8, 4) is 5.82 Å². The van der Waals surface area contributed by atoms with Gasteiger partial charge in [-0.3, -0.25) is 0 Å². The third kappa shape index (κ3) is 1.48. The molecule has 0 atom stereocenters. The van der Waals surface area contributed by atoms with E-state index in [1.807, 2.05) is 0 Å². The van der Waals surface area contributed by atoms with Crippen molar-refractivity contribution in [3.63, 3.8) is 0 Å². The number of aromatic nitrogens is 3. The molecule has 0 fully saturated rings. The summed E-state index contributed by atoms with van der Waals surface area (Å²) < 4.78 is 26.0. The molecule has 3 nitrogen and oxygen atoms in total. The van der Waals surface area contributed by atoms with E-state index in [1.165, 1.54) is 18.5 Å². The zero-order valence-corrected chi connectivity index (χ0v) is 7.14. The highest BCUT2D eigenvalue weighted by Gasteiger charge is 2.14. The van der Waals surface area contributed by atoms with Crippen LogP contribution in [0.25, 0.3) is 5.82 Å². The minimum Gasteiger partial charge on any atom is -0.237 e. The first-order valence-electron chi connectivity index (χ1n) is 4.02. The molecule has 2 aromatic heterocycles. The van der Waals surface area contributed by atoms with Crippen LogP contribution in [0.15, 0.2) is 36.7 Å². The van der Waals surface area contributed by atoms with Gasteiger partial charge in [0, 0.05) is 12.4 Å². The van der Waals surface area contributed by atoms with Gasteiger partial charge in [-0.2, -0.15) is 5.10 Å². The molecule has 0 aliphatic carbocycles. The standard InChI is InChI=1S/C9H7F2N3/c10-9(11)7-4-6-13-14(7)8-3-1-2-5-12-8/h1-6,9H. The van der Waals surface area contributed by atoms with Crippen molar-refractivity contribution >= 4 is 0 Å². The van der Waals surface area contributed by atoms with Gasteiger partial charge in [-0.25, -0.2) is 18.4 Å². The van der Waals surface area contributed by atoms with Crippen LogP contribution in [-0.4, -0.2) is 14.8 Å². The minimum atomic E-state index is -2.54. The van der Waals surface area contributed by atoms with Crippen molar-refractivity contribution in [2.24, 2.45) is 0 Å². The average Bonchev–Trinajstić information content (AvgIpc) is 2.67. The molecule has 0 saturated heterocycles. The summed E-state index contributed by atoms with van der Waals surface area (Å²) in [5, 5.41) is 3.78. The summed E-state index contributed by atoms with van der Waals surface area (Å²) in [5.74, 6) is 0.396.